The van der Waals surface area contributed by atoms with Gasteiger partial charge in [0.05, 0.1) is 18.9 Å². The molecule has 2 rings (SSSR count). The Morgan fingerprint density at radius 2 is 2.14 bits per heavy atom. The number of hydrogen-bond acceptors (Lipinski definition) is 3. The number of ether oxygens (including phenoxy) is 1. The lowest BCUT2D eigenvalue weighted by Crippen LogP contribution is -2.39. The molecule has 0 spiro atoms. The van der Waals surface area contributed by atoms with Gasteiger partial charge >= 0.3 is 5.97 Å². The van der Waals surface area contributed by atoms with E-state index in [-0.39, 0.29) is 31.4 Å². The van der Waals surface area contributed by atoms with Gasteiger partial charge in [-0.3, -0.25) is 9.59 Å². The van der Waals surface area contributed by atoms with Crippen molar-refractivity contribution in [3.8, 4) is 0 Å². The van der Waals surface area contributed by atoms with Crippen LogP contribution in [0.5, 0.6) is 0 Å². The molecular formula is C16H20FNO4. The van der Waals surface area contributed by atoms with E-state index < -0.39 is 11.8 Å². The van der Waals surface area contributed by atoms with Crippen LogP contribution in [0.4, 0.5) is 4.39 Å². The molecule has 22 heavy (non-hydrogen) atoms. The number of hydrogen-bond donors (Lipinski definition) is 1. The minimum absolute atomic E-state index is 0.0571. The maximum Gasteiger partial charge on any atom is 0.305 e. The van der Waals surface area contributed by atoms with Crippen LogP contribution in [-0.2, 0) is 20.7 Å². The van der Waals surface area contributed by atoms with Gasteiger partial charge in [-0.2, -0.15) is 0 Å². The molecule has 1 amide bonds. The molecule has 1 saturated heterocycles. The maximum absolute atomic E-state index is 13.6. The minimum atomic E-state index is -0.962. The van der Waals surface area contributed by atoms with E-state index in [1.165, 1.54) is 11.0 Å². The Hall–Kier alpha value is -1.95. The zero-order valence-corrected chi connectivity index (χ0v) is 12.3. The number of benzene rings is 1. The van der Waals surface area contributed by atoms with Crippen molar-refractivity contribution in [3.05, 3.63) is 35.6 Å². The Kier molecular flexibility index (Phi) is 5.89. The average molecular weight is 309 g/mol. The summed E-state index contributed by atoms with van der Waals surface area (Å²) in [5.74, 6) is -1.66. The van der Waals surface area contributed by atoms with Gasteiger partial charge in [0.25, 0.3) is 0 Å². The second-order valence-electron chi connectivity index (χ2n) is 5.39. The van der Waals surface area contributed by atoms with E-state index in [4.69, 9.17) is 9.84 Å². The van der Waals surface area contributed by atoms with E-state index in [1.807, 2.05) is 0 Å². The van der Waals surface area contributed by atoms with E-state index in [0.29, 0.717) is 18.7 Å². The van der Waals surface area contributed by atoms with Gasteiger partial charge in [-0.1, -0.05) is 18.2 Å². The molecule has 5 nitrogen and oxygen atoms in total. The number of nitrogens with zero attached hydrogens (tertiary/aromatic N) is 1. The topological polar surface area (TPSA) is 66.8 Å². The molecule has 1 aromatic carbocycles. The Morgan fingerprint density at radius 3 is 2.77 bits per heavy atom. The molecule has 0 saturated carbocycles. The van der Waals surface area contributed by atoms with Gasteiger partial charge in [0, 0.05) is 19.7 Å². The average Bonchev–Trinajstić information content (AvgIpc) is 2.98. The number of halogens is 1. The van der Waals surface area contributed by atoms with Crippen molar-refractivity contribution in [1.29, 1.82) is 0 Å². The largest absolute Gasteiger partial charge is 0.481 e. The lowest BCUT2D eigenvalue weighted by Gasteiger charge is -2.25. The molecule has 1 heterocycles. The number of carboxylic acids is 1. The van der Waals surface area contributed by atoms with Crippen LogP contribution in [0.2, 0.25) is 0 Å². The summed E-state index contributed by atoms with van der Waals surface area (Å²) in [4.78, 5) is 24.6. The number of carbonyl (C=O) groups excluding carboxylic acids is 1. The third-order valence-corrected chi connectivity index (χ3v) is 3.70. The van der Waals surface area contributed by atoms with Crippen LogP contribution < -0.4 is 0 Å². The van der Waals surface area contributed by atoms with Gasteiger partial charge in [0.1, 0.15) is 5.82 Å². The number of carboxylic acid groups (broad SMARTS) is 1. The first kappa shape index (κ1) is 16.4. The van der Waals surface area contributed by atoms with Crippen LogP contribution in [0, 0.1) is 5.82 Å². The van der Waals surface area contributed by atoms with E-state index >= 15 is 0 Å². The van der Waals surface area contributed by atoms with Gasteiger partial charge in [-0.25, -0.2) is 4.39 Å². The van der Waals surface area contributed by atoms with Crippen LogP contribution in [-0.4, -0.2) is 47.7 Å². The predicted molar refractivity (Wildman–Crippen MR) is 77.9 cm³/mol. The number of aliphatic carboxylic acids is 1. The highest BCUT2D eigenvalue weighted by molar-refractivity contribution is 5.79. The molecule has 0 aliphatic carbocycles. The van der Waals surface area contributed by atoms with Crippen LogP contribution in [0.15, 0.2) is 24.3 Å². The van der Waals surface area contributed by atoms with Crippen molar-refractivity contribution < 1.29 is 23.8 Å². The van der Waals surface area contributed by atoms with Crippen molar-refractivity contribution in [1.82, 2.24) is 4.90 Å². The molecular weight excluding hydrogens is 289 g/mol. The number of rotatable bonds is 7. The first-order chi connectivity index (χ1) is 10.6. The first-order valence-electron chi connectivity index (χ1n) is 7.41. The van der Waals surface area contributed by atoms with Gasteiger partial charge in [0.15, 0.2) is 0 Å². The fraction of sp³-hybridized carbons (Fsp3) is 0.500. The van der Waals surface area contributed by atoms with E-state index in [0.717, 1.165) is 12.8 Å². The SMILES string of the molecule is O=C(O)CCN(C[C@H]1CCCO1)C(=O)Cc1ccccc1F. The standard InChI is InChI=1S/C16H20FNO4/c17-14-6-2-1-4-12(14)10-15(19)18(8-7-16(20)21)11-13-5-3-9-22-13/h1-2,4,6,13H,3,5,7-11H2,(H,20,21)/t13-/m1/s1. The van der Waals surface area contributed by atoms with E-state index in [1.54, 1.807) is 18.2 Å². The monoisotopic (exact) mass is 309 g/mol. The maximum atomic E-state index is 13.6. The number of amides is 1. The summed E-state index contributed by atoms with van der Waals surface area (Å²) in [6.07, 6.45) is 1.54. The van der Waals surface area contributed by atoms with Crippen LogP contribution in [0.1, 0.15) is 24.8 Å². The molecule has 0 unspecified atom stereocenters. The summed E-state index contributed by atoms with van der Waals surface area (Å²) < 4.78 is 19.1. The summed E-state index contributed by atoms with van der Waals surface area (Å²) >= 11 is 0. The molecule has 0 radical (unpaired) electrons. The lowest BCUT2D eigenvalue weighted by molar-refractivity contribution is -0.139. The summed E-state index contributed by atoms with van der Waals surface area (Å²) in [5.41, 5.74) is 0.320. The molecule has 0 aromatic heterocycles. The van der Waals surface area contributed by atoms with Gasteiger partial charge in [-0.05, 0) is 24.5 Å². The Labute approximate surface area is 128 Å². The predicted octanol–water partition coefficient (Wildman–Crippen LogP) is 1.85. The zero-order valence-electron chi connectivity index (χ0n) is 12.3. The highest BCUT2D eigenvalue weighted by atomic mass is 19.1. The quantitative estimate of drug-likeness (QED) is 0.835. The summed E-state index contributed by atoms with van der Waals surface area (Å²) in [5, 5.41) is 8.81. The van der Waals surface area contributed by atoms with Crippen molar-refractivity contribution in [2.24, 2.45) is 0 Å². The highest BCUT2D eigenvalue weighted by Crippen LogP contribution is 2.15. The lowest BCUT2D eigenvalue weighted by atomic mass is 10.1. The van der Waals surface area contributed by atoms with Crippen molar-refractivity contribution in [3.63, 3.8) is 0 Å². The van der Waals surface area contributed by atoms with Crippen molar-refractivity contribution in [2.45, 2.75) is 31.8 Å². The second kappa shape index (κ2) is 7.89. The Balaban J connectivity index is 2.00. The third-order valence-electron chi connectivity index (χ3n) is 3.70. The van der Waals surface area contributed by atoms with Crippen LogP contribution in [0.3, 0.4) is 0 Å². The van der Waals surface area contributed by atoms with E-state index in [9.17, 15) is 14.0 Å². The Bertz CT molecular complexity index is 529. The molecule has 6 heteroatoms. The van der Waals surface area contributed by atoms with Gasteiger partial charge < -0.3 is 14.7 Å². The second-order valence-corrected chi connectivity index (χ2v) is 5.39. The fourth-order valence-electron chi connectivity index (χ4n) is 2.50. The molecule has 120 valence electrons. The van der Waals surface area contributed by atoms with Crippen molar-refractivity contribution in [2.75, 3.05) is 19.7 Å². The zero-order chi connectivity index (χ0) is 15.9. The summed E-state index contributed by atoms with van der Waals surface area (Å²) in [7, 11) is 0. The molecule has 1 aromatic rings. The van der Waals surface area contributed by atoms with E-state index in [2.05, 4.69) is 0 Å². The first-order valence-corrected chi connectivity index (χ1v) is 7.41. The smallest absolute Gasteiger partial charge is 0.305 e. The fourth-order valence-corrected chi connectivity index (χ4v) is 2.50. The van der Waals surface area contributed by atoms with Gasteiger partial charge in [-0.15, -0.1) is 0 Å². The van der Waals surface area contributed by atoms with Crippen LogP contribution >= 0.6 is 0 Å². The molecule has 0 bridgehead atoms. The summed E-state index contributed by atoms with van der Waals surface area (Å²) in [6, 6.07) is 6.12. The van der Waals surface area contributed by atoms with Crippen LogP contribution in [0.25, 0.3) is 0 Å². The summed E-state index contributed by atoms with van der Waals surface area (Å²) in [6.45, 7) is 1.14. The minimum Gasteiger partial charge on any atom is -0.481 e. The molecule has 1 atom stereocenters. The normalized spacial score (nSPS) is 17.4. The molecule has 1 fully saturated rings. The van der Waals surface area contributed by atoms with Gasteiger partial charge in [0.2, 0.25) is 5.91 Å². The molecule has 1 aliphatic rings. The molecule has 1 aliphatic heterocycles. The molecule has 1 N–H and O–H groups in total. The van der Waals surface area contributed by atoms with Crippen molar-refractivity contribution >= 4 is 11.9 Å². The Morgan fingerprint density at radius 1 is 1.36 bits per heavy atom. The number of carbonyl (C=O) groups is 2. The third kappa shape index (κ3) is 4.80. The highest BCUT2D eigenvalue weighted by Gasteiger charge is 2.23.